The van der Waals surface area contributed by atoms with Crippen molar-refractivity contribution < 1.29 is 18.7 Å². The van der Waals surface area contributed by atoms with Crippen molar-refractivity contribution in [2.75, 3.05) is 17.2 Å². The molecule has 0 bridgehead atoms. The molecular weight excluding hydrogens is 468 g/mol. The number of nitrogens with one attached hydrogen (secondary N) is 2. The van der Waals surface area contributed by atoms with Crippen molar-refractivity contribution in [1.29, 1.82) is 0 Å². The van der Waals surface area contributed by atoms with Gasteiger partial charge in [0.15, 0.2) is 11.5 Å². The fourth-order valence-corrected chi connectivity index (χ4v) is 4.42. The number of amides is 1. The number of anilines is 3. The number of halogens is 3. The maximum Gasteiger partial charge on any atom is 0.225 e. The third-order valence-corrected chi connectivity index (χ3v) is 6.64. The molecule has 1 fully saturated rings. The summed E-state index contributed by atoms with van der Waals surface area (Å²) in [5.41, 5.74) is 5.82. The number of hydrogen-bond acceptors (Lipinski definition) is 7. The Balaban J connectivity index is 1.78. The molecule has 12 heteroatoms. The number of primary amides is 1. The van der Waals surface area contributed by atoms with Crippen LogP contribution in [0.4, 0.5) is 26.4 Å². The van der Waals surface area contributed by atoms with E-state index in [9.17, 15) is 18.7 Å². The van der Waals surface area contributed by atoms with Gasteiger partial charge in [-0.15, -0.1) is 0 Å². The highest BCUT2D eigenvalue weighted by molar-refractivity contribution is 6.33. The number of imidazole rings is 1. The summed E-state index contributed by atoms with van der Waals surface area (Å²) in [6.07, 6.45) is 3.87. The zero-order valence-electron chi connectivity index (χ0n) is 18.8. The topological polar surface area (TPSA) is 131 Å². The van der Waals surface area contributed by atoms with E-state index in [0.717, 1.165) is 12.1 Å². The van der Waals surface area contributed by atoms with E-state index >= 15 is 0 Å². The molecule has 34 heavy (non-hydrogen) atoms. The zero-order valence-corrected chi connectivity index (χ0v) is 19.5. The predicted octanol–water partition coefficient (Wildman–Crippen LogP) is 3.90. The summed E-state index contributed by atoms with van der Waals surface area (Å²) < 4.78 is 29.9. The largest absolute Gasteiger partial charge is 0.394 e. The molecule has 1 amide bonds. The van der Waals surface area contributed by atoms with Crippen LogP contribution in [0.15, 0.2) is 18.3 Å². The highest BCUT2D eigenvalue weighted by Crippen LogP contribution is 2.43. The van der Waals surface area contributed by atoms with E-state index in [1.54, 1.807) is 6.92 Å². The van der Waals surface area contributed by atoms with E-state index in [-0.39, 0.29) is 41.3 Å². The molecule has 1 saturated carbocycles. The molecule has 1 atom stereocenters. The SMILES string of the molecule is C[C@@H](CO)Nc1ncc2nc(Nc3c(F)cc(F)cc3Cl)n(C3CCC(C)(C(N)=O)CC3)c2n1. The number of nitrogens with zero attached hydrogens (tertiary/aromatic N) is 4. The standard InChI is InChI=1S/C22H26ClF2N7O2/c1-11(10-33)28-20-27-9-16-18(31-20)32(13-3-5-22(2,6-4-13)19(26)34)21(29-16)30-17-14(23)7-12(24)8-15(17)25/h7-9,11,13,33H,3-6,10H2,1-2H3,(H2,26,34)(H,29,30)(H,27,28,31)/t11-,13?,22?/m0/s1. The second-order valence-electron chi connectivity index (χ2n) is 8.96. The second kappa shape index (κ2) is 9.30. The van der Waals surface area contributed by atoms with Crippen molar-refractivity contribution in [3.05, 3.63) is 35.0 Å². The van der Waals surface area contributed by atoms with Gasteiger partial charge in [0.05, 0.1) is 23.5 Å². The Bertz CT molecular complexity index is 1200. The summed E-state index contributed by atoms with van der Waals surface area (Å²) in [5.74, 6) is -1.44. The van der Waals surface area contributed by atoms with E-state index < -0.39 is 17.0 Å². The molecular formula is C22H26ClF2N7O2. The lowest BCUT2D eigenvalue weighted by molar-refractivity contribution is -0.128. The monoisotopic (exact) mass is 493 g/mol. The predicted molar refractivity (Wildman–Crippen MR) is 125 cm³/mol. The minimum Gasteiger partial charge on any atom is -0.394 e. The Morgan fingerprint density at radius 3 is 2.68 bits per heavy atom. The molecule has 0 unspecified atom stereocenters. The molecule has 0 radical (unpaired) electrons. The number of rotatable bonds is 7. The minimum atomic E-state index is -0.862. The van der Waals surface area contributed by atoms with Gasteiger partial charge in [0.1, 0.15) is 11.3 Å². The van der Waals surface area contributed by atoms with Crippen LogP contribution in [-0.4, -0.2) is 43.2 Å². The summed E-state index contributed by atoms with van der Waals surface area (Å²) in [6.45, 7) is 3.53. The molecule has 1 aliphatic rings. The van der Waals surface area contributed by atoms with E-state index in [1.807, 2.05) is 11.5 Å². The number of carbonyl (C=O) groups is 1. The van der Waals surface area contributed by atoms with Crippen LogP contribution in [0.5, 0.6) is 0 Å². The highest BCUT2D eigenvalue weighted by Gasteiger charge is 2.37. The van der Waals surface area contributed by atoms with Crippen LogP contribution >= 0.6 is 11.6 Å². The maximum atomic E-state index is 14.5. The molecule has 182 valence electrons. The first-order chi connectivity index (χ1) is 16.1. The first-order valence-electron chi connectivity index (χ1n) is 10.9. The number of carbonyl (C=O) groups excluding carboxylic acids is 1. The summed E-state index contributed by atoms with van der Waals surface area (Å²) in [5, 5.41) is 15.1. The fraction of sp³-hybridized carbons (Fsp3) is 0.455. The summed E-state index contributed by atoms with van der Waals surface area (Å²) >= 11 is 6.10. The molecule has 5 N–H and O–H groups in total. The van der Waals surface area contributed by atoms with E-state index in [4.69, 9.17) is 17.3 Å². The first-order valence-corrected chi connectivity index (χ1v) is 11.3. The van der Waals surface area contributed by atoms with Gasteiger partial charge in [-0.2, -0.15) is 4.98 Å². The molecule has 0 saturated heterocycles. The van der Waals surface area contributed by atoms with E-state index in [2.05, 4.69) is 25.6 Å². The highest BCUT2D eigenvalue weighted by atomic mass is 35.5. The Kier molecular flexibility index (Phi) is 6.59. The molecule has 1 aromatic carbocycles. The van der Waals surface area contributed by atoms with Crippen molar-refractivity contribution in [1.82, 2.24) is 19.5 Å². The van der Waals surface area contributed by atoms with Crippen LogP contribution in [0, 0.1) is 17.0 Å². The quantitative estimate of drug-likeness (QED) is 0.392. The number of benzene rings is 1. The average molecular weight is 494 g/mol. The number of hydrogen-bond donors (Lipinski definition) is 4. The van der Waals surface area contributed by atoms with Crippen LogP contribution in [0.1, 0.15) is 45.6 Å². The normalized spacial score (nSPS) is 21.4. The van der Waals surface area contributed by atoms with E-state index in [0.29, 0.717) is 42.8 Å². The number of fused-ring (bicyclic) bond motifs is 1. The molecule has 0 aliphatic heterocycles. The van der Waals surface area contributed by atoms with E-state index in [1.165, 1.54) is 6.20 Å². The zero-order chi connectivity index (χ0) is 24.6. The fourth-order valence-electron chi connectivity index (χ4n) is 4.18. The van der Waals surface area contributed by atoms with Crippen molar-refractivity contribution in [3.63, 3.8) is 0 Å². The molecule has 1 aliphatic carbocycles. The molecule has 9 nitrogen and oxygen atoms in total. The molecule has 2 heterocycles. The Morgan fingerprint density at radius 1 is 1.35 bits per heavy atom. The Labute approximate surface area is 199 Å². The number of aliphatic hydroxyl groups is 1. The Hall–Kier alpha value is -3.05. The lowest BCUT2D eigenvalue weighted by atomic mass is 9.73. The lowest BCUT2D eigenvalue weighted by Crippen LogP contribution is -2.38. The third-order valence-electron chi connectivity index (χ3n) is 6.34. The average Bonchev–Trinajstić information content (AvgIpc) is 3.14. The summed E-state index contributed by atoms with van der Waals surface area (Å²) in [6, 6.07) is 1.35. The van der Waals surface area contributed by atoms with Crippen molar-refractivity contribution in [3.8, 4) is 0 Å². The van der Waals surface area contributed by atoms with Gasteiger partial charge in [-0.3, -0.25) is 9.36 Å². The molecule has 0 spiro atoms. The number of aromatic nitrogens is 4. The maximum absolute atomic E-state index is 14.5. The minimum absolute atomic E-state index is 0.107. The third kappa shape index (κ3) is 4.62. The van der Waals surface area contributed by atoms with Gasteiger partial charge >= 0.3 is 0 Å². The summed E-state index contributed by atoms with van der Waals surface area (Å²) in [4.78, 5) is 25.3. The van der Waals surface area contributed by atoms with Gasteiger partial charge in [-0.25, -0.2) is 18.7 Å². The van der Waals surface area contributed by atoms with Crippen LogP contribution in [0.2, 0.25) is 5.02 Å². The van der Waals surface area contributed by atoms with Gasteiger partial charge in [-0.05, 0) is 38.7 Å². The summed E-state index contributed by atoms with van der Waals surface area (Å²) in [7, 11) is 0. The van der Waals surface area contributed by atoms with Crippen LogP contribution in [-0.2, 0) is 4.79 Å². The Morgan fingerprint density at radius 2 is 2.06 bits per heavy atom. The van der Waals surface area contributed by atoms with Crippen LogP contribution < -0.4 is 16.4 Å². The molecule has 2 aromatic heterocycles. The lowest BCUT2D eigenvalue weighted by Gasteiger charge is -2.35. The molecule has 3 aromatic rings. The smallest absolute Gasteiger partial charge is 0.225 e. The van der Waals surface area contributed by atoms with Gasteiger partial charge in [0, 0.05) is 23.6 Å². The second-order valence-corrected chi connectivity index (χ2v) is 9.37. The van der Waals surface area contributed by atoms with Gasteiger partial charge in [0.25, 0.3) is 0 Å². The number of nitrogens with two attached hydrogens (primary N) is 1. The van der Waals surface area contributed by atoms with Crippen molar-refractivity contribution >= 4 is 46.3 Å². The van der Waals surface area contributed by atoms with Crippen molar-refractivity contribution in [2.24, 2.45) is 11.1 Å². The molecule has 4 rings (SSSR count). The van der Waals surface area contributed by atoms with Gasteiger partial charge < -0.3 is 21.5 Å². The number of aliphatic hydroxyl groups excluding tert-OH is 1. The van der Waals surface area contributed by atoms with Crippen molar-refractivity contribution in [2.45, 2.75) is 51.6 Å². The first kappa shape index (κ1) is 24.1. The van der Waals surface area contributed by atoms with Crippen LogP contribution in [0.25, 0.3) is 11.2 Å². The van der Waals surface area contributed by atoms with Crippen LogP contribution in [0.3, 0.4) is 0 Å². The van der Waals surface area contributed by atoms with Gasteiger partial charge in [-0.1, -0.05) is 18.5 Å². The van der Waals surface area contributed by atoms with Gasteiger partial charge in [0.2, 0.25) is 17.8 Å².